The van der Waals surface area contributed by atoms with E-state index >= 15 is 0 Å². The molecule has 0 radical (unpaired) electrons. The van der Waals surface area contributed by atoms with Crippen molar-refractivity contribution in [3.63, 3.8) is 0 Å². The van der Waals surface area contributed by atoms with Gasteiger partial charge in [0.1, 0.15) is 16.5 Å². The molecule has 0 fully saturated rings. The molecule has 0 unspecified atom stereocenters. The minimum absolute atomic E-state index is 0.0122. The summed E-state index contributed by atoms with van der Waals surface area (Å²) < 4.78 is 5.29. The minimum Gasteiger partial charge on any atom is -0.423 e. The van der Waals surface area contributed by atoms with Crippen molar-refractivity contribution in [2.75, 3.05) is 5.32 Å². The first-order valence-corrected chi connectivity index (χ1v) is 10.3. The average Bonchev–Trinajstić information content (AvgIpc) is 2.98. The average molecular weight is 467 g/mol. The molecule has 6 nitrogen and oxygen atoms in total. The molecule has 0 spiro atoms. The Hall–Kier alpha value is -3.61. The summed E-state index contributed by atoms with van der Waals surface area (Å²) in [5, 5.41) is 3.15. The van der Waals surface area contributed by atoms with Gasteiger partial charge in [-0.05, 0) is 48.0 Å². The van der Waals surface area contributed by atoms with Crippen molar-refractivity contribution in [3.8, 4) is 5.75 Å². The third kappa shape index (κ3) is 4.66. The van der Waals surface area contributed by atoms with E-state index in [4.69, 9.17) is 27.9 Å². The normalized spacial score (nSPS) is 13.5. The van der Waals surface area contributed by atoms with Crippen molar-refractivity contribution in [2.24, 2.45) is 0 Å². The molecule has 8 heteroatoms. The smallest absolute Gasteiger partial charge is 0.343 e. The minimum atomic E-state index is -0.565. The van der Waals surface area contributed by atoms with Crippen LogP contribution < -0.4 is 10.1 Å². The number of rotatable bonds is 6. The summed E-state index contributed by atoms with van der Waals surface area (Å²) in [6.45, 7) is 0.119. The zero-order valence-electron chi connectivity index (χ0n) is 16.5. The molecule has 3 aromatic rings. The lowest BCUT2D eigenvalue weighted by Gasteiger charge is -2.15. The summed E-state index contributed by atoms with van der Waals surface area (Å²) in [5.74, 6) is -1.31. The maximum absolute atomic E-state index is 12.8. The van der Waals surface area contributed by atoms with Gasteiger partial charge in [0, 0.05) is 10.7 Å². The van der Waals surface area contributed by atoms with E-state index in [1.807, 2.05) is 30.3 Å². The number of nitrogens with one attached hydrogen (secondary N) is 1. The van der Waals surface area contributed by atoms with Crippen LogP contribution in [0.1, 0.15) is 15.9 Å². The Morgan fingerprint density at radius 3 is 2.28 bits per heavy atom. The van der Waals surface area contributed by atoms with Crippen LogP contribution in [0.5, 0.6) is 5.75 Å². The highest BCUT2D eigenvalue weighted by atomic mass is 35.5. The second-order valence-electron chi connectivity index (χ2n) is 6.92. The van der Waals surface area contributed by atoms with Crippen molar-refractivity contribution >= 4 is 46.7 Å². The van der Waals surface area contributed by atoms with E-state index in [2.05, 4.69) is 5.32 Å². The van der Waals surface area contributed by atoms with Crippen molar-refractivity contribution in [2.45, 2.75) is 6.54 Å². The zero-order chi connectivity index (χ0) is 22.7. The topological polar surface area (TPSA) is 75.7 Å². The summed E-state index contributed by atoms with van der Waals surface area (Å²) in [4.78, 5) is 38.6. The van der Waals surface area contributed by atoms with Gasteiger partial charge in [-0.25, -0.2) is 4.79 Å². The van der Waals surface area contributed by atoms with Crippen molar-refractivity contribution < 1.29 is 19.1 Å². The van der Waals surface area contributed by atoms with E-state index in [1.165, 1.54) is 18.2 Å². The maximum Gasteiger partial charge on any atom is 0.343 e. The molecule has 4 rings (SSSR count). The first-order valence-electron chi connectivity index (χ1n) is 9.57. The van der Waals surface area contributed by atoms with Crippen molar-refractivity contribution in [1.82, 2.24) is 4.90 Å². The molecule has 0 saturated heterocycles. The Bertz CT molecular complexity index is 1220. The van der Waals surface area contributed by atoms with Crippen molar-refractivity contribution in [3.05, 3.63) is 106 Å². The number of hydrogen-bond acceptors (Lipinski definition) is 5. The van der Waals surface area contributed by atoms with E-state index in [9.17, 15) is 14.4 Å². The largest absolute Gasteiger partial charge is 0.423 e. The van der Waals surface area contributed by atoms with E-state index in [0.29, 0.717) is 22.0 Å². The maximum atomic E-state index is 12.8. The predicted molar refractivity (Wildman–Crippen MR) is 121 cm³/mol. The van der Waals surface area contributed by atoms with Gasteiger partial charge < -0.3 is 10.1 Å². The van der Waals surface area contributed by atoms with Crippen molar-refractivity contribution in [1.29, 1.82) is 0 Å². The van der Waals surface area contributed by atoms with Gasteiger partial charge in [-0.1, -0.05) is 59.6 Å². The molecule has 0 saturated carbocycles. The molecule has 160 valence electrons. The Kier molecular flexibility index (Phi) is 6.25. The van der Waals surface area contributed by atoms with E-state index in [1.54, 1.807) is 30.3 Å². The second-order valence-corrected chi connectivity index (χ2v) is 7.73. The van der Waals surface area contributed by atoms with Crippen LogP contribution in [0.25, 0.3) is 0 Å². The number of hydrogen-bond donors (Lipinski definition) is 1. The van der Waals surface area contributed by atoms with Crippen LogP contribution in [0.3, 0.4) is 0 Å². The fourth-order valence-corrected chi connectivity index (χ4v) is 3.51. The van der Waals surface area contributed by atoms with Gasteiger partial charge in [0.05, 0.1) is 12.1 Å². The van der Waals surface area contributed by atoms with Gasteiger partial charge in [0.15, 0.2) is 0 Å². The molecular formula is C24H16Cl2N2O4. The molecule has 0 atom stereocenters. The standard InChI is InChI=1S/C24H16Cl2N2O4/c25-17-7-4-8-19(13-17)32-24(31)16-9-11-18(12-10-16)27-21-20(26)22(29)28(23(21)30)14-15-5-2-1-3-6-15/h1-13,27H,14H2. The van der Waals surface area contributed by atoms with Crippen LogP contribution >= 0.6 is 23.2 Å². The molecule has 1 N–H and O–H groups in total. The van der Waals surface area contributed by atoms with Gasteiger partial charge in [-0.3, -0.25) is 14.5 Å². The number of nitrogens with zero attached hydrogens (tertiary/aromatic N) is 1. The molecule has 0 aromatic heterocycles. The lowest BCUT2D eigenvalue weighted by molar-refractivity contribution is -0.138. The fraction of sp³-hybridized carbons (Fsp3) is 0.0417. The summed E-state index contributed by atoms with van der Waals surface area (Å²) in [6.07, 6.45) is 0. The third-order valence-corrected chi connectivity index (χ3v) is 5.28. The summed E-state index contributed by atoms with van der Waals surface area (Å²) in [6, 6.07) is 21.9. The van der Waals surface area contributed by atoms with E-state index in [-0.39, 0.29) is 17.3 Å². The molecule has 0 aliphatic carbocycles. The SMILES string of the molecule is O=C(Oc1cccc(Cl)c1)c1ccc(NC2=C(Cl)C(=O)N(Cc3ccccc3)C2=O)cc1. The molecule has 2 amide bonds. The molecule has 1 aliphatic heterocycles. The van der Waals surface area contributed by atoms with Gasteiger partial charge >= 0.3 is 5.97 Å². The Labute approximate surface area is 194 Å². The lowest BCUT2D eigenvalue weighted by atomic mass is 10.2. The van der Waals surface area contributed by atoms with Gasteiger partial charge in [-0.2, -0.15) is 0 Å². The Morgan fingerprint density at radius 2 is 1.59 bits per heavy atom. The van der Waals surface area contributed by atoms with E-state index < -0.39 is 17.8 Å². The van der Waals surface area contributed by atoms with Gasteiger partial charge in [0.25, 0.3) is 11.8 Å². The first kappa shape index (κ1) is 21.6. The summed E-state index contributed by atoms with van der Waals surface area (Å²) in [5.41, 5.74) is 1.58. The first-order chi connectivity index (χ1) is 15.4. The number of esters is 1. The highest BCUT2D eigenvalue weighted by Crippen LogP contribution is 2.27. The van der Waals surface area contributed by atoms with Crippen LogP contribution in [-0.4, -0.2) is 22.7 Å². The second kappa shape index (κ2) is 9.26. The van der Waals surface area contributed by atoms with Crippen LogP contribution in [0.4, 0.5) is 5.69 Å². The van der Waals surface area contributed by atoms with E-state index in [0.717, 1.165) is 10.5 Å². The van der Waals surface area contributed by atoms with Gasteiger partial charge in [0.2, 0.25) is 0 Å². The molecule has 3 aromatic carbocycles. The van der Waals surface area contributed by atoms with Gasteiger partial charge in [-0.15, -0.1) is 0 Å². The number of amides is 2. The number of carbonyl (C=O) groups excluding carboxylic acids is 3. The predicted octanol–water partition coefficient (Wildman–Crippen LogP) is 4.99. The molecule has 32 heavy (non-hydrogen) atoms. The Morgan fingerprint density at radius 1 is 0.875 bits per heavy atom. The zero-order valence-corrected chi connectivity index (χ0v) is 18.1. The van der Waals surface area contributed by atoms with Crippen LogP contribution in [0.2, 0.25) is 5.02 Å². The lowest BCUT2D eigenvalue weighted by Crippen LogP contribution is -2.31. The van der Waals surface area contributed by atoms with Crippen LogP contribution in [0.15, 0.2) is 89.6 Å². The summed E-state index contributed by atoms with van der Waals surface area (Å²) >= 11 is 12.0. The third-order valence-electron chi connectivity index (χ3n) is 4.69. The number of ether oxygens (including phenoxy) is 1. The number of imide groups is 1. The van der Waals surface area contributed by atoms with Crippen LogP contribution in [-0.2, 0) is 16.1 Å². The quantitative estimate of drug-likeness (QED) is 0.314. The number of anilines is 1. The number of carbonyl (C=O) groups is 3. The molecular weight excluding hydrogens is 451 g/mol. The monoisotopic (exact) mass is 466 g/mol. The molecule has 1 heterocycles. The molecule has 1 aliphatic rings. The number of halogens is 2. The highest BCUT2D eigenvalue weighted by molar-refractivity contribution is 6.48. The Balaban J connectivity index is 1.44. The fourth-order valence-electron chi connectivity index (χ4n) is 3.09. The highest BCUT2D eigenvalue weighted by Gasteiger charge is 2.37. The summed E-state index contributed by atoms with van der Waals surface area (Å²) in [7, 11) is 0. The number of benzene rings is 3. The molecule has 0 bridgehead atoms. The van der Waals surface area contributed by atoms with Crippen LogP contribution in [0, 0.1) is 0 Å².